The maximum Gasteiger partial charge on any atom is 0.321 e. The lowest BCUT2D eigenvalue weighted by molar-refractivity contribution is -0.137. The minimum Gasteiger partial charge on any atom is -0.480 e. The van der Waals surface area contributed by atoms with Gasteiger partial charge in [-0.05, 0) is 19.1 Å². The SMILES string of the molecule is CC(SC[C@@H](N)C(=O)O)C(=O)Nc1ccccc1. The highest BCUT2D eigenvalue weighted by atomic mass is 32.2. The average molecular weight is 268 g/mol. The molecule has 0 aliphatic heterocycles. The lowest BCUT2D eigenvalue weighted by Gasteiger charge is -2.13. The van der Waals surface area contributed by atoms with E-state index >= 15 is 0 Å². The molecule has 6 heteroatoms. The average Bonchev–Trinajstić information content (AvgIpc) is 2.36. The summed E-state index contributed by atoms with van der Waals surface area (Å²) >= 11 is 1.22. The second-order valence-corrected chi connectivity index (χ2v) is 5.15. The number of thioether (sulfide) groups is 1. The summed E-state index contributed by atoms with van der Waals surface area (Å²) in [6.45, 7) is 1.72. The zero-order valence-electron chi connectivity index (χ0n) is 10.00. The highest BCUT2D eigenvalue weighted by molar-refractivity contribution is 8.00. The Labute approximate surface area is 110 Å². The second kappa shape index (κ2) is 7.03. The van der Waals surface area contributed by atoms with Gasteiger partial charge in [0.15, 0.2) is 0 Å². The topological polar surface area (TPSA) is 92.4 Å². The van der Waals surface area contributed by atoms with E-state index in [9.17, 15) is 9.59 Å². The summed E-state index contributed by atoms with van der Waals surface area (Å²) in [5, 5.41) is 11.0. The van der Waals surface area contributed by atoms with Crippen molar-refractivity contribution < 1.29 is 14.7 Å². The van der Waals surface area contributed by atoms with Gasteiger partial charge in [0.25, 0.3) is 0 Å². The van der Waals surface area contributed by atoms with E-state index in [0.717, 1.165) is 5.69 Å². The van der Waals surface area contributed by atoms with Gasteiger partial charge in [0.1, 0.15) is 6.04 Å². The van der Waals surface area contributed by atoms with Crippen LogP contribution in [0.15, 0.2) is 30.3 Å². The van der Waals surface area contributed by atoms with Crippen LogP contribution in [0.5, 0.6) is 0 Å². The summed E-state index contributed by atoms with van der Waals surface area (Å²) in [6.07, 6.45) is 0. The van der Waals surface area contributed by atoms with Crippen molar-refractivity contribution in [3.63, 3.8) is 0 Å². The first-order valence-corrected chi connectivity index (χ1v) is 6.51. The molecule has 1 aromatic carbocycles. The van der Waals surface area contributed by atoms with E-state index in [2.05, 4.69) is 5.32 Å². The molecule has 0 radical (unpaired) electrons. The molecule has 0 fully saturated rings. The first kappa shape index (κ1) is 14.5. The summed E-state index contributed by atoms with van der Waals surface area (Å²) in [5.74, 6) is -1.01. The Bertz CT molecular complexity index is 411. The molecule has 0 aromatic heterocycles. The quantitative estimate of drug-likeness (QED) is 0.720. The van der Waals surface area contributed by atoms with E-state index in [1.165, 1.54) is 11.8 Å². The smallest absolute Gasteiger partial charge is 0.321 e. The van der Waals surface area contributed by atoms with Crippen LogP contribution in [0.3, 0.4) is 0 Å². The Balaban J connectivity index is 2.40. The third-order valence-electron chi connectivity index (χ3n) is 2.25. The molecule has 98 valence electrons. The molecule has 1 rings (SSSR count). The molecule has 0 spiro atoms. The maximum absolute atomic E-state index is 11.8. The summed E-state index contributed by atoms with van der Waals surface area (Å²) < 4.78 is 0. The molecule has 0 bridgehead atoms. The van der Waals surface area contributed by atoms with Gasteiger partial charge >= 0.3 is 5.97 Å². The van der Waals surface area contributed by atoms with Crippen molar-refractivity contribution in [2.24, 2.45) is 5.73 Å². The highest BCUT2D eigenvalue weighted by Crippen LogP contribution is 2.14. The zero-order chi connectivity index (χ0) is 13.5. The Hall–Kier alpha value is -1.53. The van der Waals surface area contributed by atoms with Crippen LogP contribution < -0.4 is 11.1 Å². The van der Waals surface area contributed by atoms with Crippen LogP contribution in [-0.2, 0) is 9.59 Å². The number of nitrogens with one attached hydrogen (secondary N) is 1. The van der Waals surface area contributed by atoms with Gasteiger partial charge in [-0.15, -0.1) is 11.8 Å². The van der Waals surface area contributed by atoms with Crippen molar-refractivity contribution in [2.75, 3.05) is 11.1 Å². The van der Waals surface area contributed by atoms with E-state index in [1.807, 2.05) is 18.2 Å². The van der Waals surface area contributed by atoms with Crippen LogP contribution in [0.1, 0.15) is 6.92 Å². The van der Waals surface area contributed by atoms with Crippen molar-refractivity contribution in [2.45, 2.75) is 18.2 Å². The fourth-order valence-corrected chi connectivity index (χ4v) is 2.01. The third kappa shape index (κ3) is 4.77. The molecule has 0 aliphatic rings. The van der Waals surface area contributed by atoms with Crippen molar-refractivity contribution in [1.82, 2.24) is 0 Å². The summed E-state index contributed by atoms with van der Waals surface area (Å²) in [4.78, 5) is 22.3. The van der Waals surface area contributed by atoms with Gasteiger partial charge in [0, 0.05) is 11.4 Å². The van der Waals surface area contributed by atoms with E-state index in [4.69, 9.17) is 10.8 Å². The zero-order valence-corrected chi connectivity index (χ0v) is 10.8. The largest absolute Gasteiger partial charge is 0.480 e. The van der Waals surface area contributed by atoms with Gasteiger partial charge in [0.05, 0.1) is 5.25 Å². The third-order valence-corrected chi connectivity index (χ3v) is 3.52. The van der Waals surface area contributed by atoms with Crippen LogP contribution in [0.4, 0.5) is 5.69 Å². The molecule has 18 heavy (non-hydrogen) atoms. The fourth-order valence-electron chi connectivity index (χ4n) is 1.16. The molecule has 0 heterocycles. The minimum atomic E-state index is -1.06. The summed E-state index contributed by atoms with van der Waals surface area (Å²) in [5.41, 5.74) is 6.09. The Morgan fingerprint density at radius 1 is 1.39 bits per heavy atom. The Morgan fingerprint density at radius 2 is 2.00 bits per heavy atom. The number of benzene rings is 1. The van der Waals surface area contributed by atoms with Crippen LogP contribution in [0.25, 0.3) is 0 Å². The Kier molecular flexibility index (Phi) is 5.67. The van der Waals surface area contributed by atoms with Gasteiger partial charge in [-0.2, -0.15) is 0 Å². The van der Waals surface area contributed by atoms with Gasteiger partial charge in [-0.25, -0.2) is 0 Å². The molecular formula is C12H16N2O3S. The molecule has 2 atom stereocenters. The van der Waals surface area contributed by atoms with E-state index in [0.29, 0.717) is 0 Å². The molecule has 4 N–H and O–H groups in total. The van der Waals surface area contributed by atoms with Crippen molar-refractivity contribution in [3.8, 4) is 0 Å². The molecular weight excluding hydrogens is 252 g/mol. The monoisotopic (exact) mass is 268 g/mol. The Morgan fingerprint density at radius 3 is 2.56 bits per heavy atom. The van der Waals surface area contributed by atoms with Gasteiger partial charge in [0.2, 0.25) is 5.91 Å². The van der Waals surface area contributed by atoms with Crippen molar-refractivity contribution >= 4 is 29.3 Å². The summed E-state index contributed by atoms with van der Waals surface area (Å²) in [7, 11) is 0. The molecule has 1 aromatic rings. The fraction of sp³-hybridized carbons (Fsp3) is 0.333. The lowest BCUT2D eigenvalue weighted by atomic mass is 10.3. The maximum atomic E-state index is 11.8. The number of carboxylic acids is 1. The number of anilines is 1. The standard InChI is InChI=1S/C12H16N2O3S/c1-8(18-7-10(13)12(16)17)11(15)14-9-5-3-2-4-6-9/h2-6,8,10H,7,13H2,1H3,(H,14,15)(H,16,17)/t8?,10-/m1/s1. The van der Waals surface area contributed by atoms with Crippen LogP contribution in [-0.4, -0.2) is 34.0 Å². The number of hydrogen-bond acceptors (Lipinski definition) is 4. The first-order valence-electron chi connectivity index (χ1n) is 5.46. The van der Waals surface area contributed by atoms with Crippen LogP contribution >= 0.6 is 11.8 Å². The molecule has 5 nitrogen and oxygen atoms in total. The lowest BCUT2D eigenvalue weighted by Crippen LogP contribution is -2.34. The number of aliphatic carboxylic acids is 1. The molecule has 0 saturated heterocycles. The summed E-state index contributed by atoms with van der Waals surface area (Å²) in [6, 6.07) is 8.15. The van der Waals surface area contributed by atoms with Crippen LogP contribution in [0, 0.1) is 0 Å². The minimum absolute atomic E-state index is 0.163. The number of carboxylic acid groups (broad SMARTS) is 1. The number of carbonyl (C=O) groups excluding carboxylic acids is 1. The number of amides is 1. The van der Waals surface area contributed by atoms with Crippen molar-refractivity contribution in [1.29, 1.82) is 0 Å². The van der Waals surface area contributed by atoms with Gasteiger partial charge in [-0.1, -0.05) is 18.2 Å². The predicted octanol–water partition coefficient (Wildman–Crippen LogP) is 1.16. The van der Waals surface area contributed by atoms with E-state index in [1.54, 1.807) is 19.1 Å². The normalized spacial score (nSPS) is 13.7. The number of rotatable bonds is 6. The molecule has 0 saturated carbocycles. The van der Waals surface area contributed by atoms with Crippen LogP contribution in [0.2, 0.25) is 0 Å². The van der Waals surface area contributed by atoms with Gasteiger partial charge in [-0.3, -0.25) is 9.59 Å². The van der Waals surface area contributed by atoms with Gasteiger partial charge < -0.3 is 16.2 Å². The second-order valence-electron chi connectivity index (χ2n) is 3.78. The highest BCUT2D eigenvalue weighted by Gasteiger charge is 2.18. The number of carbonyl (C=O) groups is 2. The number of nitrogens with two attached hydrogens (primary N) is 1. The number of hydrogen-bond donors (Lipinski definition) is 3. The van der Waals surface area contributed by atoms with Crippen molar-refractivity contribution in [3.05, 3.63) is 30.3 Å². The number of para-hydroxylation sites is 1. The van der Waals surface area contributed by atoms with E-state index in [-0.39, 0.29) is 16.9 Å². The van der Waals surface area contributed by atoms with E-state index < -0.39 is 12.0 Å². The predicted molar refractivity (Wildman–Crippen MR) is 72.6 cm³/mol. The molecule has 1 amide bonds. The molecule has 0 aliphatic carbocycles. The first-order chi connectivity index (χ1) is 8.50. The molecule has 1 unspecified atom stereocenters.